The summed E-state index contributed by atoms with van der Waals surface area (Å²) in [6, 6.07) is 9.24. The molecule has 2 N–H and O–H groups in total. The van der Waals surface area contributed by atoms with E-state index in [0.29, 0.717) is 0 Å². The summed E-state index contributed by atoms with van der Waals surface area (Å²) in [5.41, 5.74) is 7.71. The van der Waals surface area contributed by atoms with E-state index in [0.717, 1.165) is 5.56 Å². The first-order chi connectivity index (χ1) is 4.84. The Morgan fingerprint density at radius 3 is 2.40 bits per heavy atom. The Morgan fingerprint density at radius 2 is 1.90 bits per heavy atom. The van der Waals surface area contributed by atoms with Crippen molar-refractivity contribution < 1.29 is 5.11 Å². The maximum Gasteiger partial charge on any atom is 0.0928 e. The fourth-order valence-electron chi connectivity index (χ4n) is 0.793. The average molecular weight is 136 g/mol. The minimum absolute atomic E-state index is 0.0318. The van der Waals surface area contributed by atoms with Gasteiger partial charge in [0.2, 0.25) is 0 Å². The van der Waals surface area contributed by atoms with Crippen molar-refractivity contribution in [2.75, 3.05) is 6.54 Å². The summed E-state index contributed by atoms with van der Waals surface area (Å²) >= 11 is 0. The number of rotatable bonds is 2. The maximum atomic E-state index is 9.14. The van der Waals surface area contributed by atoms with E-state index in [1.807, 2.05) is 30.3 Å². The summed E-state index contributed by atoms with van der Waals surface area (Å²) in [5.74, 6) is 0. The topological polar surface area (TPSA) is 44.0 Å². The van der Waals surface area contributed by atoms with Crippen LogP contribution in [0.3, 0.4) is 0 Å². The van der Waals surface area contributed by atoms with Crippen LogP contribution in [0.2, 0.25) is 0 Å². The predicted molar refractivity (Wildman–Crippen MR) is 39.4 cm³/mol. The highest BCUT2D eigenvalue weighted by Crippen LogP contribution is 2.09. The van der Waals surface area contributed by atoms with Crippen molar-refractivity contribution in [1.29, 1.82) is 0 Å². The van der Waals surface area contributed by atoms with Crippen LogP contribution < -0.4 is 5.73 Å². The second-order valence-corrected chi connectivity index (χ2v) is 2.13. The Hall–Kier alpha value is -0.860. The first-order valence-electron chi connectivity index (χ1n) is 3.22. The van der Waals surface area contributed by atoms with Gasteiger partial charge in [0.25, 0.3) is 0 Å². The molecule has 0 heterocycles. The maximum absolute atomic E-state index is 9.14. The van der Waals surface area contributed by atoms with E-state index in [-0.39, 0.29) is 6.54 Å². The van der Waals surface area contributed by atoms with E-state index in [1.165, 1.54) is 0 Å². The highest BCUT2D eigenvalue weighted by atomic mass is 16.3. The summed E-state index contributed by atoms with van der Waals surface area (Å²) in [6.07, 6.45) is -0.624. The lowest BCUT2D eigenvalue weighted by Crippen LogP contribution is -2.02. The molecule has 1 aromatic rings. The van der Waals surface area contributed by atoms with Crippen LogP contribution in [0.4, 0.5) is 0 Å². The van der Waals surface area contributed by atoms with Crippen molar-refractivity contribution in [3.63, 3.8) is 0 Å². The molecule has 1 unspecified atom stereocenters. The van der Waals surface area contributed by atoms with Gasteiger partial charge in [0.1, 0.15) is 0 Å². The number of hydrogen-bond donors (Lipinski definition) is 1. The third-order valence-electron chi connectivity index (χ3n) is 1.38. The molecule has 2 nitrogen and oxygen atoms in total. The van der Waals surface area contributed by atoms with Crippen molar-refractivity contribution in [2.45, 2.75) is 6.10 Å². The molecule has 1 rings (SSSR count). The van der Waals surface area contributed by atoms with Gasteiger partial charge in [0.05, 0.1) is 6.10 Å². The number of aliphatic hydroxyl groups excluding tert-OH is 1. The lowest BCUT2D eigenvalue weighted by molar-refractivity contribution is 0.185. The molecule has 0 saturated heterocycles. The third kappa shape index (κ3) is 1.56. The van der Waals surface area contributed by atoms with Crippen LogP contribution in [0, 0.1) is 0 Å². The smallest absolute Gasteiger partial charge is 0.0928 e. The van der Waals surface area contributed by atoms with Crippen molar-refractivity contribution in [1.82, 2.24) is 5.73 Å². The normalized spacial score (nSPS) is 13.0. The highest BCUT2D eigenvalue weighted by molar-refractivity contribution is 5.17. The minimum atomic E-state index is -0.624. The number of benzene rings is 1. The molecule has 0 amide bonds. The molecular weight excluding hydrogens is 126 g/mol. The molecule has 0 aliphatic heterocycles. The lowest BCUT2D eigenvalue weighted by atomic mass is 10.1. The van der Waals surface area contributed by atoms with E-state index >= 15 is 0 Å². The minimum Gasteiger partial charge on any atom is -0.387 e. The predicted octanol–water partition coefficient (Wildman–Crippen LogP) is 1.00. The Bertz CT molecular complexity index is 186. The first-order valence-corrected chi connectivity index (χ1v) is 3.22. The molecule has 1 radical (unpaired) electrons. The summed E-state index contributed by atoms with van der Waals surface area (Å²) in [7, 11) is 0. The molecule has 0 aliphatic rings. The highest BCUT2D eigenvalue weighted by Gasteiger charge is 2.01. The standard InChI is InChI=1S/C8H10NO/c9-6-8(10)7-4-2-1-3-5-7/h1-5,8-10H,6H2. The van der Waals surface area contributed by atoms with Gasteiger partial charge in [-0.05, 0) is 5.56 Å². The molecule has 53 valence electrons. The van der Waals surface area contributed by atoms with Crippen LogP contribution >= 0.6 is 0 Å². The molecule has 10 heavy (non-hydrogen) atoms. The third-order valence-corrected chi connectivity index (χ3v) is 1.38. The molecule has 0 fully saturated rings. The second kappa shape index (κ2) is 3.34. The zero-order valence-electron chi connectivity index (χ0n) is 5.62. The monoisotopic (exact) mass is 136 g/mol. The van der Waals surface area contributed by atoms with Gasteiger partial charge in [-0.15, -0.1) is 0 Å². The number of hydrogen-bond acceptors (Lipinski definition) is 1. The van der Waals surface area contributed by atoms with Gasteiger partial charge in [-0.3, -0.25) is 5.73 Å². The summed E-state index contributed by atoms with van der Waals surface area (Å²) in [6.45, 7) is 0.0318. The molecule has 1 aromatic carbocycles. The van der Waals surface area contributed by atoms with Gasteiger partial charge in [0, 0.05) is 6.54 Å². The zero-order valence-corrected chi connectivity index (χ0v) is 5.62. The SMILES string of the molecule is [NH]CC(O)c1ccccc1. The van der Waals surface area contributed by atoms with Gasteiger partial charge in [-0.2, -0.15) is 0 Å². The Kier molecular flexibility index (Phi) is 2.42. The van der Waals surface area contributed by atoms with Crippen molar-refractivity contribution in [3.8, 4) is 0 Å². The van der Waals surface area contributed by atoms with Gasteiger partial charge >= 0.3 is 0 Å². The average Bonchev–Trinajstić information content (AvgIpc) is 2.05. The van der Waals surface area contributed by atoms with Gasteiger partial charge in [-0.1, -0.05) is 30.3 Å². The molecule has 0 aromatic heterocycles. The van der Waals surface area contributed by atoms with Gasteiger partial charge in [0.15, 0.2) is 0 Å². The summed E-state index contributed by atoms with van der Waals surface area (Å²) in [5, 5.41) is 9.14. The van der Waals surface area contributed by atoms with Gasteiger partial charge in [-0.25, -0.2) is 0 Å². The molecule has 0 spiro atoms. The molecule has 1 atom stereocenters. The van der Waals surface area contributed by atoms with Crippen LogP contribution in [0.5, 0.6) is 0 Å². The fourth-order valence-corrected chi connectivity index (χ4v) is 0.793. The number of nitrogens with one attached hydrogen (secondary N) is 1. The molecular formula is C8H10NO. The van der Waals surface area contributed by atoms with E-state index in [9.17, 15) is 0 Å². The van der Waals surface area contributed by atoms with Crippen LogP contribution in [-0.2, 0) is 0 Å². The van der Waals surface area contributed by atoms with Crippen LogP contribution in [0.15, 0.2) is 30.3 Å². The van der Waals surface area contributed by atoms with E-state index in [4.69, 9.17) is 10.8 Å². The zero-order chi connectivity index (χ0) is 7.40. The Labute approximate surface area is 60.3 Å². The summed E-state index contributed by atoms with van der Waals surface area (Å²) in [4.78, 5) is 0. The quantitative estimate of drug-likeness (QED) is 0.647. The van der Waals surface area contributed by atoms with Crippen LogP contribution in [0.25, 0.3) is 0 Å². The van der Waals surface area contributed by atoms with Crippen molar-refractivity contribution in [3.05, 3.63) is 35.9 Å². The van der Waals surface area contributed by atoms with E-state index in [2.05, 4.69) is 0 Å². The largest absolute Gasteiger partial charge is 0.387 e. The molecule has 0 aliphatic carbocycles. The lowest BCUT2D eigenvalue weighted by Gasteiger charge is -2.05. The Balaban J connectivity index is 2.75. The first kappa shape index (κ1) is 7.25. The molecule has 2 heteroatoms. The number of aliphatic hydroxyl groups is 1. The fraction of sp³-hybridized carbons (Fsp3) is 0.250. The Morgan fingerprint density at radius 1 is 1.30 bits per heavy atom. The van der Waals surface area contributed by atoms with Crippen molar-refractivity contribution >= 4 is 0 Å². The van der Waals surface area contributed by atoms with Crippen LogP contribution in [0.1, 0.15) is 11.7 Å². The van der Waals surface area contributed by atoms with Crippen LogP contribution in [-0.4, -0.2) is 11.7 Å². The second-order valence-electron chi connectivity index (χ2n) is 2.13. The summed E-state index contributed by atoms with van der Waals surface area (Å²) < 4.78 is 0. The molecule has 0 saturated carbocycles. The van der Waals surface area contributed by atoms with E-state index in [1.54, 1.807) is 0 Å². The molecule has 0 bridgehead atoms. The van der Waals surface area contributed by atoms with E-state index < -0.39 is 6.10 Å². The van der Waals surface area contributed by atoms with Crippen molar-refractivity contribution in [2.24, 2.45) is 0 Å². The van der Waals surface area contributed by atoms with Gasteiger partial charge < -0.3 is 5.11 Å².